The fourth-order valence-corrected chi connectivity index (χ4v) is 2.75. The van der Waals surface area contributed by atoms with Gasteiger partial charge in [-0.25, -0.2) is 4.68 Å². The molecule has 2 N–H and O–H groups in total. The molecule has 0 amide bonds. The van der Waals surface area contributed by atoms with Crippen LogP contribution in [0.15, 0.2) is 36.5 Å². The zero-order chi connectivity index (χ0) is 13.2. The van der Waals surface area contributed by atoms with Gasteiger partial charge in [-0.1, -0.05) is 30.3 Å². The number of nitrogens with zero attached hydrogens (tertiary/aromatic N) is 3. The second-order valence-electron chi connectivity index (χ2n) is 5.32. The number of hydrogen-bond acceptors (Lipinski definition) is 3. The van der Waals surface area contributed by atoms with Crippen molar-refractivity contribution in [2.75, 3.05) is 18.8 Å². The van der Waals surface area contributed by atoms with Crippen molar-refractivity contribution >= 4 is 5.82 Å². The molecule has 4 nitrogen and oxygen atoms in total. The van der Waals surface area contributed by atoms with Crippen LogP contribution in [0.5, 0.6) is 0 Å². The van der Waals surface area contributed by atoms with Gasteiger partial charge in [0, 0.05) is 25.2 Å². The van der Waals surface area contributed by atoms with Crippen LogP contribution in [-0.2, 0) is 6.54 Å². The largest absolute Gasteiger partial charge is 0.384 e. The minimum Gasteiger partial charge on any atom is -0.384 e. The monoisotopic (exact) mass is 256 g/mol. The van der Waals surface area contributed by atoms with E-state index in [4.69, 9.17) is 5.73 Å². The number of rotatable bonds is 3. The molecule has 2 aromatic rings. The van der Waals surface area contributed by atoms with Crippen molar-refractivity contribution in [3.8, 4) is 0 Å². The van der Waals surface area contributed by atoms with E-state index in [1.807, 2.05) is 17.8 Å². The lowest BCUT2D eigenvalue weighted by Crippen LogP contribution is -2.22. The van der Waals surface area contributed by atoms with Crippen molar-refractivity contribution in [3.63, 3.8) is 0 Å². The summed E-state index contributed by atoms with van der Waals surface area (Å²) in [5.41, 5.74) is 8.50. The minimum absolute atomic E-state index is 0.414. The van der Waals surface area contributed by atoms with Crippen molar-refractivity contribution in [2.24, 2.45) is 0 Å². The average molecular weight is 256 g/mol. The molecule has 0 bridgehead atoms. The molecule has 3 rings (SSSR count). The number of nitrogen functional groups attached to an aromatic ring is 1. The van der Waals surface area contributed by atoms with E-state index in [0.717, 1.165) is 37.4 Å². The van der Waals surface area contributed by atoms with Gasteiger partial charge in [-0.05, 0) is 18.9 Å². The van der Waals surface area contributed by atoms with Gasteiger partial charge in [-0.2, -0.15) is 5.10 Å². The molecule has 0 saturated carbocycles. The Labute approximate surface area is 113 Å². The van der Waals surface area contributed by atoms with E-state index in [1.165, 1.54) is 5.56 Å². The molecule has 0 spiro atoms. The first-order valence-electron chi connectivity index (χ1n) is 6.80. The van der Waals surface area contributed by atoms with E-state index in [2.05, 4.69) is 40.3 Å². The van der Waals surface area contributed by atoms with Crippen LogP contribution < -0.4 is 5.73 Å². The highest BCUT2D eigenvalue weighted by Crippen LogP contribution is 2.25. The molecule has 1 fully saturated rings. The SMILES string of the molecule is Cc1cnn([C@H]2CCN(Cc3ccccc3)C2)c1N. The lowest BCUT2D eigenvalue weighted by Gasteiger charge is -2.17. The smallest absolute Gasteiger partial charge is 0.124 e. The Morgan fingerprint density at radius 2 is 2.11 bits per heavy atom. The van der Waals surface area contributed by atoms with Gasteiger partial charge in [-0.3, -0.25) is 4.90 Å². The third-order valence-corrected chi connectivity index (χ3v) is 3.87. The van der Waals surface area contributed by atoms with Crippen LogP contribution in [-0.4, -0.2) is 27.8 Å². The van der Waals surface area contributed by atoms with E-state index >= 15 is 0 Å². The highest BCUT2D eigenvalue weighted by Gasteiger charge is 2.25. The standard InChI is InChI=1S/C15H20N4/c1-12-9-17-19(15(12)16)14-7-8-18(11-14)10-13-5-3-2-4-6-13/h2-6,9,14H,7-8,10-11,16H2,1H3/t14-/m0/s1. The maximum absolute atomic E-state index is 6.06. The van der Waals surface area contributed by atoms with Crippen LogP contribution >= 0.6 is 0 Å². The minimum atomic E-state index is 0.414. The molecule has 0 radical (unpaired) electrons. The van der Waals surface area contributed by atoms with E-state index in [0.29, 0.717) is 6.04 Å². The molecule has 1 aliphatic rings. The average Bonchev–Trinajstić information content (AvgIpc) is 3.00. The van der Waals surface area contributed by atoms with Crippen LogP contribution in [0.25, 0.3) is 0 Å². The summed E-state index contributed by atoms with van der Waals surface area (Å²) in [6.45, 7) is 5.16. The normalized spacial score (nSPS) is 19.9. The van der Waals surface area contributed by atoms with Gasteiger partial charge in [0.05, 0.1) is 12.2 Å². The Balaban J connectivity index is 1.66. The molecule has 0 unspecified atom stereocenters. The summed E-state index contributed by atoms with van der Waals surface area (Å²) in [6, 6.07) is 11.0. The molecule has 1 atom stereocenters. The fraction of sp³-hybridized carbons (Fsp3) is 0.400. The second-order valence-corrected chi connectivity index (χ2v) is 5.32. The number of anilines is 1. The molecule has 2 heterocycles. The number of aromatic nitrogens is 2. The molecule has 1 aliphatic heterocycles. The Morgan fingerprint density at radius 1 is 1.32 bits per heavy atom. The van der Waals surface area contributed by atoms with Gasteiger partial charge in [-0.15, -0.1) is 0 Å². The summed E-state index contributed by atoms with van der Waals surface area (Å²) < 4.78 is 1.99. The third kappa shape index (κ3) is 2.49. The van der Waals surface area contributed by atoms with Crippen LogP contribution in [0.3, 0.4) is 0 Å². The predicted octanol–water partition coefficient (Wildman–Crippen LogP) is 2.22. The molecule has 1 saturated heterocycles. The van der Waals surface area contributed by atoms with Crippen LogP contribution in [0.4, 0.5) is 5.82 Å². The van der Waals surface area contributed by atoms with Gasteiger partial charge < -0.3 is 5.73 Å². The Kier molecular flexibility index (Phi) is 3.25. The highest BCUT2D eigenvalue weighted by atomic mass is 15.4. The number of nitrogens with two attached hydrogens (primary N) is 1. The molecular weight excluding hydrogens is 236 g/mol. The van der Waals surface area contributed by atoms with Crippen molar-refractivity contribution in [3.05, 3.63) is 47.7 Å². The summed E-state index contributed by atoms with van der Waals surface area (Å²) in [5.74, 6) is 0.812. The van der Waals surface area contributed by atoms with Crippen LogP contribution in [0, 0.1) is 6.92 Å². The zero-order valence-corrected chi connectivity index (χ0v) is 11.3. The highest BCUT2D eigenvalue weighted by molar-refractivity contribution is 5.37. The molecule has 19 heavy (non-hydrogen) atoms. The van der Waals surface area contributed by atoms with Gasteiger partial charge in [0.1, 0.15) is 5.82 Å². The first-order valence-corrected chi connectivity index (χ1v) is 6.80. The van der Waals surface area contributed by atoms with Gasteiger partial charge in [0.15, 0.2) is 0 Å². The molecule has 4 heteroatoms. The third-order valence-electron chi connectivity index (χ3n) is 3.87. The maximum atomic E-state index is 6.06. The molecule has 1 aromatic heterocycles. The lowest BCUT2D eigenvalue weighted by atomic mass is 10.2. The van der Waals surface area contributed by atoms with Gasteiger partial charge in [0.2, 0.25) is 0 Å². The molecule has 100 valence electrons. The molecular formula is C15H20N4. The first-order chi connectivity index (χ1) is 9.24. The number of likely N-dealkylation sites (tertiary alicyclic amines) is 1. The van der Waals surface area contributed by atoms with Crippen molar-refractivity contribution < 1.29 is 0 Å². The summed E-state index contributed by atoms with van der Waals surface area (Å²) in [4.78, 5) is 2.47. The topological polar surface area (TPSA) is 47.1 Å². The summed E-state index contributed by atoms with van der Waals surface area (Å²) >= 11 is 0. The van der Waals surface area contributed by atoms with Crippen LogP contribution in [0.2, 0.25) is 0 Å². The van der Waals surface area contributed by atoms with Crippen LogP contribution in [0.1, 0.15) is 23.6 Å². The predicted molar refractivity (Wildman–Crippen MR) is 76.7 cm³/mol. The van der Waals surface area contributed by atoms with E-state index in [9.17, 15) is 0 Å². The maximum Gasteiger partial charge on any atom is 0.124 e. The van der Waals surface area contributed by atoms with E-state index in [1.54, 1.807) is 0 Å². The first kappa shape index (κ1) is 12.2. The molecule has 0 aliphatic carbocycles. The van der Waals surface area contributed by atoms with Crippen molar-refractivity contribution in [2.45, 2.75) is 25.9 Å². The van der Waals surface area contributed by atoms with Gasteiger partial charge in [0.25, 0.3) is 0 Å². The summed E-state index contributed by atoms with van der Waals surface area (Å²) in [5, 5.41) is 4.40. The summed E-state index contributed by atoms with van der Waals surface area (Å²) in [6.07, 6.45) is 2.98. The number of benzene rings is 1. The second kappa shape index (κ2) is 5.05. The van der Waals surface area contributed by atoms with E-state index < -0.39 is 0 Å². The number of aryl methyl sites for hydroxylation is 1. The summed E-state index contributed by atoms with van der Waals surface area (Å²) in [7, 11) is 0. The quantitative estimate of drug-likeness (QED) is 0.916. The van der Waals surface area contributed by atoms with Crippen molar-refractivity contribution in [1.29, 1.82) is 0 Å². The van der Waals surface area contributed by atoms with Crippen molar-refractivity contribution in [1.82, 2.24) is 14.7 Å². The fourth-order valence-electron chi connectivity index (χ4n) is 2.75. The van der Waals surface area contributed by atoms with Gasteiger partial charge >= 0.3 is 0 Å². The van der Waals surface area contributed by atoms with E-state index in [-0.39, 0.29) is 0 Å². The molecule has 1 aromatic carbocycles. The Hall–Kier alpha value is -1.81. The Bertz CT molecular complexity index is 547. The zero-order valence-electron chi connectivity index (χ0n) is 11.3. The number of hydrogen-bond donors (Lipinski definition) is 1. The lowest BCUT2D eigenvalue weighted by molar-refractivity contribution is 0.312. The Morgan fingerprint density at radius 3 is 2.79 bits per heavy atom.